The van der Waals surface area contributed by atoms with E-state index in [9.17, 15) is 4.79 Å². The standard InChI is InChI=1S/C15H23N7O/c1-3-4-5-21-6-7-22-13(10-21)8-12(19-22)9-16-15(23)14-11(2)17-20-18-14/h8H,3-7,9-10H2,1-2H3,(H,16,23)(H,17,18,20). The number of carbonyl (C=O) groups excluding carboxylic acids is 1. The summed E-state index contributed by atoms with van der Waals surface area (Å²) in [6.45, 7) is 8.39. The van der Waals surface area contributed by atoms with Gasteiger partial charge in [0.05, 0.1) is 30.2 Å². The van der Waals surface area contributed by atoms with Gasteiger partial charge in [0.25, 0.3) is 5.91 Å². The topological polar surface area (TPSA) is 91.7 Å². The van der Waals surface area contributed by atoms with Crippen molar-refractivity contribution in [3.8, 4) is 0 Å². The number of amides is 1. The van der Waals surface area contributed by atoms with Crippen LogP contribution in [0.25, 0.3) is 0 Å². The summed E-state index contributed by atoms with van der Waals surface area (Å²) in [5.41, 5.74) is 3.03. The number of carbonyl (C=O) groups is 1. The van der Waals surface area contributed by atoms with E-state index >= 15 is 0 Å². The van der Waals surface area contributed by atoms with Gasteiger partial charge >= 0.3 is 0 Å². The first-order valence-electron chi connectivity index (χ1n) is 8.11. The molecule has 2 N–H and O–H groups in total. The van der Waals surface area contributed by atoms with Gasteiger partial charge in [0.1, 0.15) is 0 Å². The largest absolute Gasteiger partial charge is 0.345 e. The number of aromatic amines is 1. The van der Waals surface area contributed by atoms with Crippen molar-refractivity contribution in [3.63, 3.8) is 0 Å². The first-order valence-corrected chi connectivity index (χ1v) is 8.11. The van der Waals surface area contributed by atoms with Gasteiger partial charge in [0.2, 0.25) is 0 Å². The van der Waals surface area contributed by atoms with Crippen LogP contribution in [0.1, 0.15) is 47.3 Å². The van der Waals surface area contributed by atoms with Gasteiger partial charge in [-0.1, -0.05) is 13.3 Å². The molecule has 0 radical (unpaired) electrons. The van der Waals surface area contributed by atoms with Crippen LogP contribution in [0.2, 0.25) is 0 Å². The monoisotopic (exact) mass is 317 g/mol. The fraction of sp³-hybridized carbons (Fsp3) is 0.600. The Morgan fingerprint density at radius 3 is 3.00 bits per heavy atom. The molecule has 0 spiro atoms. The van der Waals surface area contributed by atoms with Crippen molar-refractivity contribution in [2.24, 2.45) is 0 Å². The number of hydrogen-bond acceptors (Lipinski definition) is 5. The number of H-pyrrole nitrogens is 1. The highest BCUT2D eigenvalue weighted by Gasteiger charge is 2.19. The van der Waals surface area contributed by atoms with E-state index in [1.54, 1.807) is 6.92 Å². The van der Waals surface area contributed by atoms with Crippen LogP contribution in [0.15, 0.2) is 6.07 Å². The van der Waals surface area contributed by atoms with E-state index < -0.39 is 0 Å². The van der Waals surface area contributed by atoms with E-state index in [0.717, 1.165) is 31.9 Å². The van der Waals surface area contributed by atoms with Crippen molar-refractivity contribution in [2.75, 3.05) is 13.1 Å². The SMILES string of the molecule is CCCCN1CCn2nc(CNC(=O)c3n[nH]nc3C)cc2C1. The van der Waals surface area contributed by atoms with Gasteiger partial charge in [-0.05, 0) is 26.0 Å². The molecule has 0 fully saturated rings. The highest BCUT2D eigenvalue weighted by molar-refractivity contribution is 5.92. The lowest BCUT2D eigenvalue weighted by Gasteiger charge is -2.27. The van der Waals surface area contributed by atoms with Gasteiger partial charge in [-0.15, -0.1) is 0 Å². The van der Waals surface area contributed by atoms with Gasteiger partial charge in [0, 0.05) is 13.1 Å². The number of aromatic nitrogens is 5. The van der Waals surface area contributed by atoms with Gasteiger partial charge in [-0.3, -0.25) is 14.4 Å². The zero-order chi connectivity index (χ0) is 16.2. The van der Waals surface area contributed by atoms with Crippen LogP contribution in [0.4, 0.5) is 0 Å². The minimum Gasteiger partial charge on any atom is -0.345 e. The molecule has 2 aromatic heterocycles. The molecule has 2 aromatic rings. The molecule has 0 aliphatic carbocycles. The third-order valence-electron chi connectivity index (χ3n) is 4.12. The van der Waals surface area contributed by atoms with Crippen molar-refractivity contribution in [1.29, 1.82) is 0 Å². The van der Waals surface area contributed by atoms with E-state index in [4.69, 9.17) is 0 Å². The summed E-state index contributed by atoms with van der Waals surface area (Å²) >= 11 is 0. The van der Waals surface area contributed by atoms with Crippen molar-refractivity contribution in [1.82, 2.24) is 35.4 Å². The maximum absolute atomic E-state index is 12.0. The molecule has 1 amide bonds. The molecule has 0 bridgehead atoms. The van der Waals surface area contributed by atoms with Crippen molar-refractivity contribution in [3.05, 3.63) is 28.8 Å². The number of nitrogens with zero attached hydrogens (tertiary/aromatic N) is 5. The Labute approximate surface area is 135 Å². The Morgan fingerprint density at radius 1 is 1.39 bits per heavy atom. The average Bonchev–Trinajstić information content (AvgIpc) is 3.15. The summed E-state index contributed by atoms with van der Waals surface area (Å²) in [7, 11) is 0. The number of unbranched alkanes of at least 4 members (excludes halogenated alkanes) is 1. The molecular formula is C15H23N7O. The summed E-state index contributed by atoms with van der Waals surface area (Å²) in [6.07, 6.45) is 2.45. The fourth-order valence-corrected chi connectivity index (χ4v) is 2.79. The third kappa shape index (κ3) is 3.58. The molecule has 0 saturated heterocycles. The van der Waals surface area contributed by atoms with Gasteiger partial charge in [-0.25, -0.2) is 0 Å². The summed E-state index contributed by atoms with van der Waals surface area (Å²) in [5.74, 6) is -0.230. The molecular weight excluding hydrogens is 294 g/mol. The van der Waals surface area contributed by atoms with Gasteiger partial charge in [-0.2, -0.15) is 20.5 Å². The molecule has 0 atom stereocenters. The van der Waals surface area contributed by atoms with Crippen LogP contribution in [0, 0.1) is 6.92 Å². The minimum absolute atomic E-state index is 0.230. The zero-order valence-corrected chi connectivity index (χ0v) is 13.7. The minimum atomic E-state index is -0.230. The summed E-state index contributed by atoms with van der Waals surface area (Å²) < 4.78 is 2.05. The Bertz CT molecular complexity index is 675. The Hall–Kier alpha value is -2.22. The molecule has 0 aromatic carbocycles. The normalized spacial score (nSPS) is 14.7. The van der Waals surface area contributed by atoms with E-state index in [1.165, 1.54) is 18.5 Å². The molecule has 1 aliphatic heterocycles. The Kier molecular flexibility index (Phi) is 4.71. The van der Waals surface area contributed by atoms with Crippen molar-refractivity contribution in [2.45, 2.75) is 46.3 Å². The number of hydrogen-bond donors (Lipinski definition) is 2. The Morgan fingerprint density at radius 2 is 2.26 bits per heavy atom. The summed E-state index contributed by atoms with van der Waals surface area (Å²) in [4.78, 5) is 14.5. The molecule has 0 unspecified atom stereocenters. The first kappa shape index (κ1) is 15.7. The lowest BCUT2D eigenvalue weighted by atomic mass is 10.2. The van der Waals surface area contributed by atoms with E-state index in [1.807, 2.05) is 4.68 Å². The molecule has 1 aliphatic rings. The van der Waals surface area contributed by atoms with Crippen LogP contribution in [-0.4, -0.2) is 49.1 Å². The maximum Gasteiger partial charge on any atom is 0.274 e. The first-order chi connectivity index (χ1) is 11.2. The van der Waals surface area contributed by atoms with E-state index in [-0.39, 0.29) is 5.91 Å². The highest BCUT2D eigenvalue weighted by atomic mass is 16.2. The predicted octanol–water partition coefficient (Wildman–Crippen LogP) is 0.855. The molecule has 124 valence electrons. The molecule has 3 heterocycles. The number of nitrogens with one attached hydrogen (secondary N) is 2. The number of rotatable bonds is 6. The highest BCUT2D eigenvalue weighted by Crippen LogP contribution is 2.14. The quantitative estimate of drug-likeness (QED) is 0.824. The predicted molar refractivity (Wildman–Crippen MR) is 84.7 cm³/mol. The lowest BCUT2D eigenvalue weighted by Crippen LogP contribution is -2.34. The molecule has 0 saturated carbocycles. The van der Waals surface area contributed by atoms with Crippen LogP contribution < -0.4 is 5.32 Å². The second-order valence-corrected chi connectivity index (χ2v) is 5.92. The second-order valence-electron chi connectivity index (χ2n) is 5.92. The number of fused-ring (bicyclic) bond motifs is 1. The van der Waals surface area contributed by atoms with Crippen LogP contribution >= 0.6 is 0 Å². The van der Waals surface area contributed by atoms with Crippen LogP contribution in [0.3, 0.4) is 0 Å². The van der Waals surface area contributed by atoms with E-state index in [0.29, 0.717) is 17.9 Å². The molecule has 8 nitrogen and oxygen atoms in total. The Balaban J connectivity index is 1.57. The summed E-state index contributed by atoms with van der Waals surface area (Å²) in [6, 6.07) is 2.08. The molecule has 8 heteroatoms. The molecule has 3 rings (SSSR count). The van der Waals surface area contributed by atoms with Crippen molar-refractivity contribution >= 4 is 5.91 Å². The summed E-state index contributed by atoms with van der Waals surface area (Å²) in [5, 5.41) is 17.6. The average molecular weight is 317 g/mol. The van der Waals surface area contributed by atoms with Gasteiger partial charge < -0.3 is 5.32 Å². The van der Waals surface area contributed by atoms with Crippen LogP contribution in [0.5, 0.6) is 0 Å². The smallest absolute Gasteiger partial charge is 0.274 e. The second kappa shape index (κ2) is 6.91. The third-order valence-corrected chi connectivity index (χ3v) is 4.12. The lowest BCUT2D eigenvalue weighted by molar-refractivity contribution is 0.0944. The fourth-order valence-electron chi connectivity index (χ4n) is 2.79. The van der Waals surface area contributed by atoms with Crippen LogP contribution in [-0.2, 0) is 19.6 Å². The van der Waals surface area contributed by atoms with Gasteiger partial charge in [0.15, 0.2) is 5.69 Å². The maximum atomic E-state index is 12.0. The zero-order valence-electron chi connectivity index (χ0n) is 13.7. The van der Waals surface area contributed by atoms with E-state index in [2.05, 4.69) is 43.7 Å². The van der Waals surface area contributed by atoms with Crippen molar-refractivity contribution < 1.29 is 4.79 Å². The number of aryl methyl sites for hydroxylation is 1. The molecule has 23 heavy (non-hydrogen) atoms.